The number of ether oxygens (including phenoxy) is 1. The van der Waals surface area contributed by atoms with Gasteiger partial charge in [-0.25, -0.2) is 0 Å². The third kappa shape index (κ3) is 5.43. The maximum Gasteiger partial charge on any atom is 0.261 e. The van der Waals surface area contributed by atoms with Gasteiger partial charge in [0, 0.05) is 57.3 Å². The third-order valence-corrected chi connectivity index (χ3v) is 5.90. The van der Waals surface area contributed by atoms with Crippen molar-refractivity contribution < 1.29 is 23.9 Å². The molecule has 0 bridgehead atoms. The molecule has 2 heterocycles. The average molecular weight is 450 g/mol. The molecule has 0 unspecified atom stereocenters. The number of imide groups is 1. The molecule has 1 aromatic carbocycles. The van der Waals surface area contributed by atoms with Crippen molar-refractivity contribution in [3.63, 3.8) is 0 Å². The summed E-state index contributed by atoms with van der Waals surface area (Å²) in [4.78, 5) is 52.9. The lowest BCUT2D eigenvalue weighted by Crippen LogP contribution is -2.46. The first kappa shape index (κ1) is 23.2. The smallest absolute Gasteiger partial charge is 0.261 e. The molecule has 0 radical (unpaired) electrons. The van der Waals surface area contributed by atoms with Crippen LogP contribution in [0.1, 0.15) is 63.2 Å². The van der Waals surface area contributed by atoms with Crippen molar-refractivity contribution in [2.75, 3.05) is 39.2 Å². The van der Waals surface area contributed by atoms with Gasteiger partial charge < -0.3 is 15.0 Å². The number of carbonyl (C=O) groups is 4. The molecule has 3 rings (SSSR count). The molecule has 1 fully saturated rings. The van der Waals surface area contributed by atoms with Crippen LogP contribution >= 0.6 is 11.6 Å². The minimum Gasteiger partial charge on any atom is -0.385 e. The second kappa shape index (κ2) is 10.7. The SMILES string of the molecule is COCCCN1C(=O)c2ccc(C(=O)N3CCC(NC(=O)CCCCl)CC3)cc2C1=O. The number of nitrogens with zero attached hydrogens (tertiary/aromatic N) is 2. The largest absolute Gasteiger partial charge is 0.385 e. The Hall–Kier alpha value is -2.45. The van der Waals surface area contributed by atoms with Crippen molar-refractivity contribution >= 4 is 35.2 Å². The number of piperidine rings is 1. The van der Waals surface area contributed by atoms with Crippen LogP contribution in [-0.4, -0.2) is 78.7 Å². The Morgan fingerprint density at radius 1 is 1.13 bits per heavy atom. The average Bonchev–Trinajstić information content (AvgIpc) is 3.02. The van der Waals surface area contributed by atoms with Crippen LogP contribution in [0.15, 0.2) is 18.2 Å². The Labute approximate surface area is 186 Å². The second-order valence-corrected chi connectivity index (χ2v) is 8.17. The van der Waals surface area contributed by atoms with Crippen LogP contribution in [0.25, 0.3) is 0 Å². The Balaban J connectivity index is 1.59. The lowest BCUT2D eigenvalue weighted by atomic mass is 10.0. The van der Waals surface area contributed by atoms with E-state index in [-0.39, 0.29) is 41.8 Å². The molecule has 1 aromatic rings. The number of nitrogens with one attached hydrogen (secondary N) is 1. The highest BCUT2D eigenvalue weighted by Crippen LogP contribution is 2.25. The molecule has 0 atom stereocenters. The van der Waals surface area contributed by atoms with Gasteiger partial charge in [0.1, 0.15) is 0 Å². The zero-order valence-electron chi connectivity index (χ0n) is 17.7. The molecule has 2 aliphatic heterocycles. The molecule has 2 aliphatic rings. The number of alkyl halides is 1. The predicted molar refractivity (Wildman–Crippen MR) is 115 cm³/mol. The molecule has 1 saturated heterocycles. The Morgan fingerprint density at radius 2 is 1.84 bits per heavy atom. The fraction of sp³-hybridized carbons (Fsp3) is 0.545. The summed E-state index contributed by atoms with van der Waals surface area (Å²) in [5, 5.41) is 2.99. The van der Waals surface area contributed by atoms with Gasteiger partial charge >= 0.3 is 0 Å². The molecule has 9 heteroatoms. The van der Waals surface area contributed by atoms with E-state index in [1.165, 1.54) is 11.0 Å². The molecule has 4 amide bonds. The lowest BCUT2D eigenvalue weighted by Gasteiger charge is -2.32. The number of amides is 4. The topological polar surface area (TPSA) is 96.0 Å². The van der Waals surface area contributed by atoms with Crippen LogP contribution in [0.2, 0.25) is 0 Å². The number of rotatable bonds is 9. The number of carbonyl (C=O) groups excluding carboxylic acids is 4. The van der Waals surface area contributed by atoms with Gasteiger partial charge in [-0.15, -0.1) is 11.6 Å². The molecule has 31 heavy (non-hydrogen) atoms. The van der Waals surface area contributed by atoms with Crippen LogP contribution in [0.4, 0.5) is 0 Å². The number of halogens is 1. The first-order valence-corrected chi connectivity index (χ1v) is 11.1. The quantitative estimate of drug-likeness (QED) is 0.353. The zero-order chi connectivity index (χ0) is 22.4. The molecular formula is C22H28ClN3O5. The zero-order valence-corrected chi connectivity index (χ0v) is 18.5. The van der Waals surface area contributed by atoms with Crippen LogP contribution in [0.3, 0.4) is 0 Å². The number of likely N-dealkylation sites (tertiary alicyclic amines) is 1. The number of fused-ring (bicyclic) bond motifs is 1. The highest BCUT2D eigenvalue weighted by atomic mass is 35.5. The van der Waals surface area contributed by atoms with E-state index in [2.05, 4.69) is 5.32 Å². The van der Waals surface area contributed by atoms with Gasteiger partial charge in [-0.05, 0) is 43.9 Å². The summed E-state index contributed by atoms with van der Waals surface area (Å²) in [5.41, 5.74) is 0.996. The van der Waals surface area contributed by atoms with Crippen LogP contribution in [0, 0.1) is 0 Å². The van der Waals surface area contributed by atoms with Crippen LogP contribution in [0.5, 0.6) is 0 Å². The standard InChI is InChI=1S/C22H28ClN3O5/c1-31-13-3-10-26-21(29)17-6-5-15(14-18(17)22(26)30)20(28)25-11-7-16(8-12-25)24-19(27)4-2-9-23/h5-6,14,16H,2-4,7-13H2,1H3,(H,24,27). The maximum atomic E-state index is 12.9. The first-order valence-electron chi connectivity index (χ1n) is 10.6. The van der Waals surface area contributed by atoms with Gasteiger partial charge in [-0.1, -0.05) is 0 Å². The van der Waals surface area contributed by atoms with Crippen molar-refractivity contribution in [1.29, 1.82) is 0 Å². The van der Waals surface area contributed by atoms with Gasteiger partial charge in [-0.3, -0.25) is 24.1 Å². The van der Waals surface area contributed by atoms with Gasteiger partial charge in [-0.2, -0.15) is 0 Å². The van der Waals surface area contributed by atoms with Gasteiger partial charge in [0.25, 0.3) is 17.7 Å². The van der Waals surface area contributed by atoms with Crippen molar-refractivity contribution in [3.05, 3.63) is 34.9 Å². The minimum atomic E-state index is -0.371. The number of hydrogen-bond donors (Lipinski definition) is 1. The van der Waals surface area contributed by atoms with Crippen molar-refractivity contribution in [1.82, 2.24) is 15.1 Å². The van der Waals surface area contributed by atoms with E-state index in [1.54, 1.807) is 24.1 Å². The number of benzene rings is 1. The van der Waals surface area contributed by atoms with Gasteiger partial charge in [0.05, 0.1) is 11.1 Å². The minimum absolute atomic E-state index is 0.0118. The van der Waals surface area contributed by atoms with E-state index in [9.17, 15) is 19.2 Å². The van der Waals surface area contributed by atoms with Gasteiger partial charge in [0.15, 0.2) is 0 Å². The van der Waals surface area contributed by atoms with Crippen LogP contribution < -0.4 is 5.32 Å². The lowest BCUT2D eigenvalue weighted by molar-refractivity contribution is -0.122. The Kier molecular flexibility index (Phi) is 8.03. The molecular weight excluding hydrogens is 422 g/mol. The van der Waals surface area contributed by atoms with E-state index >= 15 is 0 Å². The highest BCUT2D eigenvalue weighted by Gasteiger charge is 2.36. The van der Waals surface area contributed by atoms with Gasteiger partial charge in [0.2, 0.25) is 5.91 Å². The van der Waals surface area contributed by atoms with Crippen LogP contribution in [-0.2, 0) is 9.53 Å². The molecule has 168 valence electrons. The molecule has 8 nitrogen and oxygen atoms in total. The van der Waals surface area contributed by atoms with Crippen molar-refractivity contribution in [2.45, 2.75) is 38.1 Å². The molecule has 0 aliphatic carbocycles. The summed E-state index contributed by atoms with van der Waals surface area (Å²) >= 11 is 5.62. The summed E-state index contributed by atoms with van der Waals surface area (Å²) in [6, 6.07) is 4.73. The van der Waals surface area contributed by atoms with Crippen molar-refractivity contribution in [2.24, 2.45) is 0 Å². The van der Waals surface area contributed by atoms with E-state index < -0.39 is 0 Å². The Bertz CT molecular complexity index is 852. The fourth-order valence-corrected chi connectivity index (χ4v) is 4.06. The summed E-state index contributed by atoms with van der Waals surface area (Å²) in [5.74, 6) is -0.430. The van der Waals surface area contributed by atoms with E-state index in [4.69, 9.17) is 16.3 Å². The maximum absolute atomic E-state index is 12.9. The molecule has 0 saturated carbocycles. The normalized spacial score (nSPS) is 16.6. The molecule has 0 aromatic heterocycles. The summed E-state index contributed by atoms with van der Waals surface area (Å²) < 4.78 is 4.98. The second-order valence-electron chi connectivity index (χ2n) is 7.80. The van der Waals surface area contributed by atoms with E-state index in [0.717, 1.165) is 0 Å². The summed E-state index contributed by atoms with van der Waals surface area (Å²) in [6.07, 6.45) is 2.97. The molecule has 1 N–H and O–H groups in total. The van der Waals surface area contributed by atoms with Crippen molar-refractivity contribution in [3.8, 4) is 0 Å². The van der Waals surface area contributed by atoms with E-state index in [0.29, 0.717) is 68.8 Å². The number of methoxy groups -OCH3 is 1. The first-order chi connectivity index (χ1) is 15.0. The summed E-state index contributed by atoms with van der Waals surface area (Å²) in [7, 11) is 1.57. The van der Waals surface area contributed by atoms with E-state index in [1.807, 2.05) is 0 Å². The Morgan fingerprint density at radius 3 is 2.52 bits per heavy atom. The third-order valence-electron chi connectivity index (χ3n) is 5.63. The summed E-state index contributed by atoms with van der Waals surface area (Å²) in [6.45, 7) is 1.78. The monoisotopic (exact) mass is 449 g/mol. The highest BCUT2D eigenvalue weighted by molar-refractivity contribution is 6.22. The fourth-order valence-electron chi connectivity index (χ4n) is 3.93. The molecule has 0 spiro atoms. The predicted octanol–water partition coefficient (Wildman–Crippen LogP) is 2.06. The number of hydrogen-bond acceptors (Lipinski definition) is 5.